The second kappa shape index (κ2) is 10.8. The van der Waals surface area contributed by atoms with Crippen molar-refractivity contribution in [2.45, 2.75) is 77.0 Å². The first-order valence-corrected chi connectivity index (χ1v) is 17.2. The van der Waals surface area contributed by atoms with Gasteiger partial charge >= 0.3 is 0 Å². The smallest absolute Gasteiger partial charge is 0.0620 e. The lowest BCUT2D eigenvalue weighted by atomic mass is 9.62. The van der Waals surface area contributed by atoms with Crippen molar-refractivity contribution in [3.63, 3.8) is 0 Å². The van der Waals surface area contributed by atoms with Gasteiger partial charge in [-0.05, 0) is 114 Å². The first-order chi connectivity index (χ1) is 19.3. The Kier molecular flexibility index (Phi) is 7.35. The van der Waals surface area contributed by atoms with Crippen LogP contribution in [0, 0.1) is 0 Å². The zero-order valence-corrected chi connectivity index (χ0v) is 25.7. The summed E-state index contributed by atoms with van der Waals surface area (Å²) in [6.07, 6.45) is 8.61. The zero-order valence-electron chi connectivity index (χ0n) is 24.8. The molecule has 0 aliphatic heterocycles. The summed E-state index contributed by atoms with van der Waals surface area (Å²) in [6, 6.07) is 41.8. The van der Waals surface area contributed by atoms with Crippen LogP contribution in [0.2, 0.25) is 0 Å². The topological polar surface area (TPSA) is 0 Å². The molecule has 0 bridgehead atoms. The molecule has 0 atom stereocenters. The summed E-state index contributed by atoms with van der Waals surface area (Å²) in [5, 5.41) is 4.45. The molecule has 0 saturated heterocycles. The SMILES string of the molecule is CC1(C)CCC(C)(C)c2cc(C3=C(C[P+](c4ccccc4)(c4ccccc4)c4ccccc4)CCCC3)ccc21. The van der Waals surface area contributed by atoms with Crippen LogP contribution in [0.3, 0.4) is 0 Å². The highest BCUT2D eigenvalue weighted by Gasteiger charge is 2.46. The summed E-state index contributed by atoms with van der Waals surface area (Å²) in [4.78, 5) is 0. The van der Waals surface area contributed by atoms with Crippen molar-refractivity contribution in [1.29, 1.82) is 0 Å². The highest BCUT2D eigenvalue weighted by molar-refractivity contribution is 7.95. The van der Waals surface area contributed by atoms with Crippen LogP contribution in [-0.4, -0.2) is 6.16 Å². The number of fused-ring (bicyclic) bond motifs is 1. The maximum atomic E-state index is 2.60. The van der Waals surface area contributed by atoms with Crippen LogP contribution in [0.15, 0.2) is 115 Å². The summed E-state index contributed by atoms with van der Waals surface area (Å²) >= 11 is 0. The summed E-state index contributed by atoms with van der Waals surface area (Å²) < 4.78 is 0. The highest BCUT2D eigenvalue weighted by Crippen LogP contribution is 2.58. The molecule has 0 spiro atoms. The summed E-state index contributed by atoms with van der Waals surface area (Å²) in [6.45, 7) is 9.78. The fourth-order valence-corrected chi connectivity index (χ4v) is 11.7. The van der Waals surface area contributed by atoms with E-state index in [0.29, 0.717) is 0 Å². The van der Waals surface area contributed by atoms with Gasteiger partial charge in [0.1, 0.15) is 23.2 Å². The Labute approximate surface area is 242 Å². The summed E-state index contributed by atoms with van der Waals surface area (Å²) in [7, 11) is -1.91. The standard InChI is InChI=1S/C39H44P/c1-38(2)26-27-39(3,4)37-28-30(24-25-36(37)38)35-23-15-14-16-31(35)29-40(32-17-8-5-9-18-32,33-19-10-6-11-20-33)34-21-12-7-13-22-34/h5-13,17-22,24-25,28H,14-16,23,26-27,29H2,1-4H3/q+1. The van der Waals surface area contributed by atoms with E-state index in [9.17, 15) is 0 Å². The first-order valence-electron chi connectivity index (χ1n) is 15.2. The lowest BCUT2D eigenvalue weighted by Gasteiger charge is -2.42. The molecule has 6 rings (SSSR count). The maximum absolute atomic E-state index is 2.60. The average molecular weight is 544 g/mol. The van der Waals surface area contributed by atoms with Crippen molar-refractivity contribution < 1.29 is 0 Å². The maximum Gasteiger partial charge on any atom is 0.116 e. The molecule has 4 aromatic rings. The Morgan fingerprint density at radius 1 is 0.550 bits per heavy atom. The fraction of sp³-hybridized carbons (Fsp3) is 0.333. The van der Waals surface area contributed by atoms with Gasteiger partial charge in [0.25, 0.3) is 0 Å². The van der Waals surface area contributed by atoms with E-state index in [0.717, 1.165) is 6.16 Å². The van der Waals surface area contributed by atoms with Crippen molar-refractivity contribution >= 4 is 28.7 Å². The highest BCUT2D eigenvalue weighted by atomic mass is 31.2. The van der Waals surface area contributed by atoms with E-state index in [1.807, 2.05) is 0 Å². The van der Waals surface area contributed by atoms with E-state index in [1.165, 1.54) is 60.0 Å². The molecule has 0 fully saturated rings. The van der Waals surface area contributed by atoms with Crippen molar-refractivity contribution in [2.75, 3.05) is 6.16 Å². The third kappa shape index (κ3) is 4.90. The Bertz CT molecular complexity index is 1400. The average Bonchev–Trinajstić information content (AvgIpc) is 3.00. The largest absolute Gasteiger partial charge is 0.116 e. The minimum absolute atomic E-state index is 0.227. The Morgan fingerprint density at radius 2 is 1.02 bits per heavy atom. The minimum atomic E-state index is -1.91. The number of benzene rings is 4. The van der Waals surface area contributed by atoms with Gasteiger partial charge in [0.15, 0.2) is 0 Å². The molecule has 0 saturated carbocycles. The number of hydrogen-bond acceptors (Lipinski definition) is 0. The predicted octanol–water partition coefficient (Wildman–Crippen LogP) is 9.36. The first kappa shape index (κ1) is 27.2. The second-order valence-corrected chi connectivity index (χ2v) is 16.8. The lowest BCUT2D eigenvalue weighted by Crippen LogP contribution is -2.34. The molecule has 0 amide bonds. The number of hydrogen-bond donors (Lipinski definition) is 0. The zero-order chi connectivity index (χ0) is 27.8. The van der Waals surface area contributed by atoms with Crippen molar-refractivity contribution in [1.82, 2.24) is 0 Å². The van der Waals surface area contributed by atoms with Crippen LogP contribution in [0.4, 0.5) is 0 Å². The number of rotatable bonds is 6. The number of allylic oxidation sites excluding steroid dienone is 2. The summed E-state index contributed by atoms with van der Waals surface area (Å²) in [5.41, 5.74) is 8.40. The van der Waals surface area contributed by atoms with Gasteiger partial charge in [0.2, 0.25) is 0 Å². The van der Waals surface area contributed by atoms with Crippen LogP contribution in [0.25, 0.3) is 5.57 Å². The van der Waals surface area contributed by atoms with E-state index < -0.39 is 7.26 Å². The van der Waals surface area contributed by atoms with E-state index >= 15 is 0 Å². The Hall–Kier alpha value is -2.95. The fourth-order valence-electron chi connectivity index (χ4n) is 7.32. The molecule has 0 unspecified atom stereocenters. The van der Waals surface area contributed by atoms with Gasteiger partial charge in [-0.1, -0.05) is 100 Å². The van der Waals surface area contributed by atoms with Gasteiger partial charge in [-0.15, -0.1) is 0 Å². The van der Waals surface area contributed by atoms with E-state index in [1.54, 1.807) is 22.3 Å². The molecular weight excluding hydrogens is 499 g/mol. The Morgan fingerprint density at radius 3 is 1.55 bits per heavy atom. The lowest BCUT2D eigenvalue weighted by molar-refractivity contribution is 0.332. The second-order valence-electron chi connectivity index (χ2n) is 13.3. The van der Waals surface area contributed by atoms with Gasteiger partial charge in [-0.25, -0.2) is 0 Å². The normalized spacial score (nSPS) is 18.3. The van der Waals surface area contributed by atoms with Gasteiger partial charge in [0, 0.05) is 0 Å². The monoisotopic (exact) mass is 543 g/mol. The molecule has 0 radical (unpaired) electrons. The van der Waals surface area contributed by atoms with Crippen molar-refractivity contribution in [2.24, 2.45) is 0 Å². The molecule has 204 valence electrons. The van der Waals surface area contributed by atoms with Gasteiger partial charge in [-0.2, -0.15) is 0 Å². The van der Waals surface area contributed by atoms with Crippen LogP contribution in [0.5, 0.6) is 0 Å². The van der Waals surface area contributed by atoms with Crippen LogP contribution in [0.1, 0.15) is 82.9 Å². The molecule has 40 heavy (non-hydrogen) atoms. The molecule has 1 heteroatoms. The third-order valence-corrected chi connectivity index (χ3v) is 14.2. The molecule has 0 nitrogen and oxygen atoms in total. The molecule has 0 heterocycles. The Balaban J connectivity index is 1.56. The van der Waals surface area contributed by atoms with Crippen LogP contribution < -0.4 is 15.9 Å². The molecule has 0 aromatic heterocycles. The van der Waals surface area contributed by atoms with Crippen LogP contribution in [-0.2, 0) is 10.8 Å². The third-order valence-electron chi connectivity index (χ3n) is 9.80. The predicted molar refractivity (Wildman–Crippen MR) is 177 cm³/mol. The van der Waals surface area contributed by atoms with Crippen molar-refractivity contribution in [3.05, 3.63) is 131 Å². The van der Waals surface area contributed by atoms with Gasteiger partial charge < -0.3 is 0 Å². The minimum Gasteiger partial charge on any atom is -0.0620 e. The van der Waals surface area contributed by atoms with E-state index in [-0.39, 0.29) is 10.8 Å². The molecule has 4 aromatic carbocycles. The van der Waals surface area contributed by atoms with Crippen LogP contribution >= 0.6 is 7.26 Å². The van der Waals surface area contributed by atoms with Crippen molar-refractivity contribution in [3.8, 4) is 0 Å². The van der Waals surface area contributed by atoms with Gasteiger partial charge in [-0.3, -0.25) is 0 Å². The molecule has 0 N–H and O–H groups in total. The molecule has 2 aliphatic rings. The summed E-state index contributed by atoms with van der Waals surface area (Å²) in [5.74, 6) is 0. The molecular formula is C39H44P+. The van der Waals surface area contributed by atoms with E-state index in [2.05, 4.69) is 137 Å². The van der Waals surface area contributed by atoms with E-state index in [4.69, 9.17) is 0 Å². The van der Waals surface area contributed by atoms with Gasteiger partial charge in [0.05, 0.1) is 6.16 Å². The molecule has 2 aliphatic carbocycles. The quantitative estimate of drug-likeness (QED) is 0.213.